The van der Waals surface area contributed by atoms with Gasteiger partial charge in [0.05, 0.1) is 6.54 Å². The number of hydrogen-bond acceptors (Lipinski definition) is 3. The molecule has 1 aliphatic heterocycles. The van der Waals surface area contributed by atoms with Crippen molar-refractivity contribution in [1.82, 2.24) is 4.90 Å². The largest absolute Gasteiger partial charge is 0.447 e. The first-order valence-corrected chi connectivity index (χ1v) is 7.62. The predicted octanol–water partition coefficient (Wildman–Crippen LogP) is 3.34. The summed E-state index contributed by atoms with van der Waals surface area (Å²) in [5.74, 6) is 0.183. The average Bonchev–Trinajstić information content (AvgIpc) is 2.79. The Morgan fingerprint density at radius 2 is 2.22 bits per heavy atom. The Kier molecular flexibility index (Phi) is 6.68. The van der Waals surface area contributed by atoms with Gasteiger partial charge < -0.3 is 4.74 Å². The first-order chi connectivity index (χ1) is 8.60. The quantitative estimate of drug-likeness (QED) is 0.676. The van der Waals surface area contributed by atoms with Crippen molar-refractivity contribution in [2.24, 2.45) is 5.92 Å². The number of carbonyl (C=O) groups excluding carboxylic acids is 2. The van der Waals surface area contributed by atoms with Crippen LogP contribution in [0.25, 0.3) is 0 Å². The molecule has 1 saturated heterocycles. The molecular formula is C13H22BrNO3. The molecule has 1 heterocycles. The fourth-order valence-electron chi connectivity index (χ4n) is 2.12. The number of alkyl halides is 1. The van der Waals surface area contributed by atoms with Crippen molar-refractivity contribution in [2.75, 3.05) is 13.2 Å². The molecule has 1 fully saturated rings. The third-order valence-electron chi connectivity index (χ3n) is 3.37. The summed E-state index contributed by atoms with van der Waals surface area (Å²) in [6.07, 6.45) is 4.26. The van der Waals surface area contributed by atoms with Crippen LogP contribution >= 0.6 is 15.9 Å². The molecule has 0 aromatic heterocycles. The molecule has 18 heavy (non-hydrogen) atoms. The highest BCUT2D eigenvalue weighted by atomic mass is 79.9. The summed E-state index contributed by atoms with van der Waals surface area (Å²) < 4.78 is 4.78. The monoisotopic (exact) mass is 319 g/mol. The lowest BCUT2D eigenvalue weighted by molar-refractivity contribution is -0.128. The minimum atomic E-state index is -0.491. The minimum Gasteiger partial charge on any atom is -0.447 e. The van der Waals surface area contributed by atoms with Gasteiger partial charge >= 0.3 is 6.09 Å². The summed E-state index contributed by atoms with van der Waals surface area (Å²) in [5.41, 5.74) is 0. The fourth-order valence-corrected chi connectivity index (χ4v) is 3.00. The number of cyclic esters (lactones) is 1. The zero-order chi connectivity index (χ0) is 13.5. The standard InChI is InChI=1S/C13H22BrNO3/c1-3-5-6-11(14)10(4-2)9-12(16)15-7-8-18-13(15)17/h10-11H,3-9H2,1-2H3. The van der Waals surface area contributed by atoms with Gasteiger partial charge in [0.1, 0.15) is 6.61 Å². The Bertz CT molecular complexity index is 296. The smallest absolute Gasteiger partial charge is 0.416 e. The molecule has 2 atom stereocenters. The van der Waals surface area contributed by atoms with E-state index in [2.05, 4.69) is 29.8 Å². The van der Waals surface area contributed by atoms with Gasteiger partial charge in [-0.15, -0.1) is 0 Å². The molecule has 0 aliphatic carbocycles. The van der Waals surface area contributed by atoms with E-state index in [1.807, 2.05) is 0 Å². The highest BCUT2D eigenvalue weighted by Crippen LogP contribution is 2.26. The normalized spacial score (nSPS) is 18.6. The van der Waals surface area contributed by atoms with Crippen LogP contribution in [0.3, 0.4) is 0 Å². The van der Waals surface area contributed by atoms with Crippen LogP contribution in [0.4, 0.5) is 4.79 Å². The minimum absolute atomic E-state index is 0.106. The third kappa shape index (κ3) is 4.26. The van der Waals surface area contributed by atoms with E-state index in [1.165, 1.54) is 4.90 Å². The van der Waals surface area contributed by atoms with E-state index in [-0.39, 0.29) is 11.8 Å². The fraction of sp³-hybridized carbons (Fsp3) is 0.846. The van der Waals surface area contributed by atoms with Crippen LogP contribution < -0.4 is 0 Å². The van der Waals surface area contributed by atoms with Crippen LogP contribution in [0.1, 0.15) is 46.0 Å². The molecule has 0 bridgehead atoms. The summed E-state index contributed by atoms with van der Waals surface area (Å²) in [7, 11) is 0. The first-order valence-electron chi connectivity index (χ1n) is 6.71. The molecule has 5 heteroatoms. The van der Waals surface area contributed by atoms with Gasteiger partial charge in [0.25, 0.3) is 0 Å². The first kappa shape index (κ1) is 15.5. The van der Waals surface area contributed by atoms with Gasteiger partial charge in [-0.1, -0.05) is 49.0 Å². The topological polar surface area (TPSA) is 46.6 Å². The van der Waals surface area contributed by atoms with Gasteiger partial charge in [-0.2, -0.15) is 0 Å². The molecule has 2 amide bonds. The van der Waals surface area contributed by atoms with Crippen LogP contribution in [0, 0.1) is 5.92 Å². The van der Waals surface area contributed by atoms with E-state index in [9.17, 15) is 9.59 Å². The zero-order valence-electron chi connectivity index (χ0n) is 11.2. The number of nitrogens with zero attached hydrogens (tertiary/aromatic N) is 1. The van der Waals surface area contributed by atoms with Gasteiger partial charge in [0, 0.05) is 11.2 Å². The molecular weight excluding hydrogens is 298 g/mol. The van der Waals surface area contributed by atoms with Crippen LogP contribution in [0.15, 0.2) is 0 Å². The highest BCUT2D eigenvalue weighted by Gasteiger charge is 2.30. The van der Waals surface area contributed by atoms with Gasteiger partial charge in [-0.25, -0.2) is 9.69 Å². The van der Waals surface area contributed by atoms with Crippen molar-refractivity contribution in [1.29, 1.82) is 0 Å². The third-order valence-corrected chi connectivity index (χ3v) is 4.57. The molecule has 0 spiro atoms. The Balaban J connectivity index is 2.46. The van der Waals surface area contributed by atoms with E-state index < -0.39 is 6.09 Å². The summed E-state index contributed by atoms with van der Waals surface area (Å²) in [6, 6.07) is 0. The molecule has 0 aromatic rings. The van der Waals surface area contributed by atoms with E-state index in [1.54, 1.807) is 0 Å². The van der Waals surface area contributed by atoms with E-state index >= 15 is 0 Å². The van der Waals surface area contributed by atoms with Crippen molar-refractivity contribution < 1.29 is 14.3 Å². The number of imide groups is 1. The molecule has 0 radical (unpaired) electrons. The maximum absolute atomic E-state index is 12.0. The molecule has 104 valence electrons. The van der Waals surface area contributed by atoms with Crippen molar-refractivity contribution in [3.05, 3.63) is 0 Å². The number of ether oxygens (including phenoxy) is 1. The maximum Gasteiger partial charge on any atom is 0.416 e. The number of carbonyl (C=O) groups is 2. The van der Waals surface area contributed by atoms with E-state index in [0.29, 0.717) is 24.4 Å². The van der Waals surface area contributed by atoms with Crippen molar-refractivity contribution >= 4 is 27.9 Å². The molecule has 0 N–H and O–H groups in total. The maximum atomic E-state index is 12.0. The summed E-state index contributed by atoms with van der Waals surface area (Å²) in [4.78, 5) is 24.9. The van der Waals surface area contributed by atoms with Gasteiger partial charge in [0.2, 0.25) is 5.91 Å². The van der Waals surface area contributed by atoms with Crippen LogP contribution in [-0.4, -0.2) is 34.9 Å². The van der Waals surface area contributed by atoms with Crippen LogP contribution in [0.2, 0.25) is 0 Å². The number of halogens is 1. The van der Waals surface area contributed by atoms with Crippen molar-refractivity contribution in [3.63, 3.8) is 0 Å². The van der Waals surface area contributed by atoms with Gasteiger partial charge in [-0.05, 0) is 12.3 Å². The van der Waals surface area contributed by atoms with Gasteiger partial charge in [-0.3, -0.25) is 4.79 Å². The summed E-state index contributed by atoms with van der Waals surface area (Å²) >= 11 is 3.67. The highest BCUT2D eigenvalue weighted by molar-refractivity contribution is 9.09. The Labute approximate surface area is 117 Å². The lowest BCUT2D eigenvalue weighted by Gasteiger charge is -2.22. The second-order valence-electron chi connectivity index (χ2n) is 4.69. The number of rotatable bonds is 7. The van der Waals surface area contributed by atoms with Gasteiger partial charge in [0.15, 0.2) is 0 Å². The summed E-state index contributed by atoms with van der Waals surface area (Å²) in [6.45, 7) is 4.97. The Morgan fingerprint density at radius 1 is 1.50 bits per heavy atom. The zero-order valence-corrected chi connectivity index (χ0v) is 12.7. The second-order valence-corrected chi connectivity index (χ2v) is 5.87. The molecule has 2 unspecified atom stereocenters. The second kappa shape index (κ2) is 7.77. The number of amides is 2. The molecule has 4 nitrogen and oxygen atoms in total. The van der Waals surface area contributed by atoms with Crippen LogP contribution in [0.5, 0.6) is 0 Å². The van der Waals surface area contributed by atoms with Crippen molar-refractivity contribution in [3.8, 4) is 0 Å². The predicted molar refractivity (Wildman–Crippen MR) is 73.7 cm³/mol. The SMILES string of the molecule is CCCCC(Br)C(CC)CC(=O)N1CCOC1=O. The number of unbranched alkanes of at least 4 members (excludes halogenated alkanes) is 1. The Hall–Kier alpha value is -0.580. The average molecular weight is 320 g/mol. The van der Waals surface area contributed by atoms with E-state index in [4.69, 9.17) is 4.74 Å². The summed E-state index contributed by atoms with van der Waals surface area (Å²) in [5, 5.41) is 0. The molecule has 0 saturated carbocycles. The molecule has 0 aromatic carbocycles. The lowest BCUT2D eigenvalue weighted by Crippen LogP contribution is -2.34. The molecule has 1 rings (SSSR count). The van der Waals surface area contributed by atoms with E-state index in [0.717, 1.165) is 25.7 Å². The Morgan fingerprint density at radius 3 is 2.72 bits per heavy atom. The van der Waals surface area contributed by atoms with Crippen molar-refractivity contribution in [2.45, 2.75) is 50.8 Å². The molecule has 1 aliphatic rings. The number of hydrogen-bond donors (Lipinski definition) is 0. The van der Waals surface area contributed by atoms with Crippen LogP contribution in [-0.2, 0) is 9.53 Å². The lowest BCUT2D eigenvalue weighted by atomic mass is 9.94.